The summed E-state index contributed by atoms with van der Waals surface area (Å²) in [7, 11) is -3.29. The van der Waals surface area contributed by atoms with Crippen molar-refractivity contribution in [3.8, 4) is 0 Å². The number of sulfonamides is 1. The maximum atomic E-state index is 12.5. The van der Waals surface area contributed by atoms with Crippen molar-refractivity contribution in [3.63, 3.8) is 0 Å². The lowest BCUT2D eigenvalue weighted by Crippen LogP contribution is -2.38. The topological polar surface area (TPSA) is 74.7 Å². The third-order valence-electron chi connectivity index (χ3n) is 5.92. The molecule has 1 saturated heterocycles. The van der Waals surface area contributed by atoms with E-state index in [1.165, 1.54) is 17.1 Å². The van der Waals surface area contributed by atoms with E-state index >= 15 is 0 Å². The Bertz CT molecular complexity index is 512. The Morgan fingerprint density at radius 3 is 2.52 bits per heavy atom. The second-order valence-electron chi connectivity index (χ2n) is 7.10. The zero-order chi connectivity index (χ0) is 15.1. The van der Waals surface area contributed by atoms with E-state index in [-0.39, 0.29) is 18.2 Å². The number of nitrogens with zero attached hydrogens (tertiary/aromatic N) is 1. The average Bonchev–Trinajstić information content (AvgIpc) is 3.11. The van der Waals surface area contributed by atoms with Gasteiger partial charge in [0.2, 0.25) is 10.0 Å². The summed E-state index contributed by atoms with van der Waals surface area (Å²) < 4.78 is 26.5. The van der Waals surface area contributed by atoms with Gasteiger partial charge >= 0.3 is 5.97 Å². The third kappa shape index (κ3) is 2.72. The highest BCUT2D eigenvalue weighted by Crippen LogP contribution is 2.49. The van der Waals surface area contributed by atoms with Crippen molar-refractivity contribution in [2.45, 2.75) is 51.4 Å². The molecule has 0 radical (unpaired) electrons. The highest BCUT2D eigenvalue weighted by atomic mass is 32.2. The van der Waals surface area contributed by atoms with Crippen LogP contribution in [0.2, 0.25) is 0 Å². The Balaban J connectivity index is 1.65. The van der Waals surface area contributed by atoms with Gasteiger partial charge < -0.3 is 5.11 Å². The summed E-state index contributed by atoms with van der Waals surface area (Å²) in [5, 5.41) is 9.54. The molecule has 1 aliphatic heterocycles. The summed E-state index contributed by atoms with van der Waals surface area (Å²) in [4.78, 5) is 11.6. The minimum Gasteiger partial charge on any atom is -0.481 e. The number of carbonyl (C=O) groups is 1. The molecule has 0 aromatic rings. The number of rotatable bonds is 5. The molecule has 5 nitrogen and oxygen atoms in total. The van der Waals surface area contributed by atoms with Gasteiger partial charge in [0, 0.05) is 13.1 Å². The molecule has 0 aromatic heterocycles. The van der Waals surface area contributed by atoms with Crippen LogP contribution < -0.4 is 0 Å². The Morgan fingerprint density at radius 1 is 1.19 bits per heavy atom. The molecule has 1 N–H and O–H groups in total. The molecule has 21 heavy (non-hydrogen) atoms. The van der Waals surface area contributed by atoms with Crippen LogP contribution in [-0.2, 0) is 14.8 Å². The second-order valence-corrected chi connectivity index (χ2v) is 9.19. The first kappa shape index (κ1) is 15.3. The molecule has 3 aliphatic rings. The predicted octanol–water partition coefficient (Wildman–Crippen LogP) is 2.08. The second kappa shape index (κ2) is 5.54. The average molecular weight is 315 g/mol. The van der Waals surface area contributed by atoms with Crippen molar-refractivity contribution >= 4 is 16.0 Å². The van der Waals surface area contributed by atoms with E-state index in [4.69, 9.17) is 0 Å². The summed E-state index contributed by atoms with van der Waals surface area (Å²) in [6, 6.07) is 0. The number of carboxylic acid groups (broad SMARTS) is 1. The van der Waals surface area contributed by atoms with Crippen LogP contribution in [0.3, 0.4) is 0 Å². The molecule has 0 unspecified atom stereocenters. The van der Waals surface area contributed by atoms with E-state index in [0.29, 0.717) is 18.9 Å². The smallest absolute Gasteiger partial charge is 0.311 e. The van der Waals surface area contributed by atoms with Gasteiger partial charge in [0.1, 0.15) is 0 Å². The molecule has 0 spiro atoms. The standard InChI is InChI=1S/C15H25NO4S/c17-14(18)15-8-3-6-13(15)10-16(11-15)21(19,20)9-7-12-4-1-2-5-12/h12-13H,1-11H2,(H,17,18)/t13-,15+/m0/s1. The van der Waals surface area contributed by atoms with Gasteiger partial charge in [-0.2, -0.15) is 0 Å². The van der Waals surface area contributed by atoms with Gasteiger partial charge in [0.05, 0.1) is 11.2 Å². The Kier molecular flexibility index (Phi) is 4.03. The van der Waals surface area contributed by atoms with Crippen LogP contribution in [0.15, 0.2) is 0 Å². The molecule has 3 rings (SSSR count). The van der Waals surface area contributed by atoms with Gasteiger partial charge in [0.25, 0.3) is 0 Å². The van der Waals surface area contributed by atoms with Crippen molar-refractivity contribution in [3.05, 3.63) is 0 Å². The molecule has 2 aliphatic carbocycles. The van der Waals surface area contributed by atoms with Gasteiger partial charge in [-0.25, -0.2) is 12.7 Å². The molecule has 0 aromatic carbocycles. The molecular formula is C15H25NO4S. The number of hydrogen-bond donors (Lipinski definition) is 1. The van der Waals surface area contributed by atoms with Crippen LogP contribution in [0, 0.1) is 17.3 Å². The largest absolute Gasteiger partial charge is 0.481 e. The van der Waals surface area contributed by atoms with E-state index < -0.39 is 21.4 Å². The highest BCUT2D eigenvalue weighted by Gasteiger charge is 2.56. The van der Waals surface area contributed by atoms with Gasteiger partial charge in [0.15, 0.2) is 0 Å². The fraction of sp³-hybridized carbons (Fsp3) is 0.933. The molecular weight excluding hydrogens is 290 g/mol. The maximum absolute atomic E-state index is 12.5. The molecule has 0 amide bonds. The van der Waals surface area contributed by atoms with Crippen LogP contribution >= 0.6 is 0 Å². The van der Waals surface area contributed by atoms with E-state index in [1.54, 1.807) is 0 Å². The van der Waals surface area contributed by atoms with Gasteiger partial charge in [-0.3, -0.25) is 4.79 Å². The molecule has 2 saturated carbocycles. The molecule has 120 valence electrons. The minimum absolute atomic E-state index is 0.0104. The normalized spacial score (nSPS) is 34.4. The van der Waals surface area contributed by atoms with E-state index in [0.717, 1.165) is 32.1 Å². The Labute approximate surface area is 126 Å². The lowest BCUT2D eigenvalue weighted by atomic mass is 9.81. The maximum Gasteiger partial charge on any atom is 0.311 e. The van der Waals surface area contributed by atoms with Crippen molar-refractivity contribution in [1.82, 2.24) is 4.31 Å². The molecule has 6 heteroatoms. The first-order valence-electron chi connectivity index (χ1n) is 8.15. The van der Waals surface area contributed by atoms with E-state index in [1.807, 2.05) is 0 Å². The molecule has 1 heterocycles. The van der Waals surface area contributed by atoms with Crippen LogP contribution in [0.1, 0.15) is 51.4 Å². The monoisotopic (exact) mass is 315 g/mol. The summed E-state index contributed by atoms with van der Waals surface area (Å²) in [6.07, 6.45) is 7.87. The predicted molar refractivity (Wildman–Crippen MR) is 79.3 cm³/mol. The van der Waals surface area contributed by atoms with Crippen molar-refractivity contribution in [2.75, 3.05) is 18.8 Å². The van der Waals surface area contributed by atoms with Gasteiger partial charge in [-0.1, -0.05) is 32.1 Å². The lowest BCUT2D eigenvalue weighted by molar-refractivity contribution is -0.149. The quantitative estimate of drug-likeness (QED) is 0.843. The third-order valence-corrected chi connectivity index (χ3v) is 7.73. The number of fused-ring (bicyclic) bond motifs is 1. The van der Waals surface area contributed by atoms with Gasteiger partial charge in [-0.05, 0) is 31.1 Å². The Hall–Kier alpha value is -0.620. The van der Waals surface area contributed by atoms with Crippen molar-refractivity contribution in [2.24, 2.45) is 17.3 Å². The first-order valence-corrected chi connectivity index (χ1v) is 9.76. The number of carboxylic acids is 1. The Morgan fingerprint density at radius 2 is 1.90 bits per heavy atom. The highest BCUT2D eigenvalue weighted by molar-refractivity contribution is 7.89. The molecule has 3 fully saturated rings. The lowest BCUT2D eigenvalue weighted by Gasteiger charge is -2.23. The zero-order valence-electron chi connectivity index (χ0n) is 12.5. The van der Waals surface area contributed by atoms with E-state index in [9.17, 15) is 18.3 Å². The van der Waals surface area contributed by atoms with E-state index in [2.05, 4.69) is 0 Å². The summed E-state index contributed by atoms with van der Waals surface area (Å²) in [6.45, 7) is 0.610. The summed E-state index contributed by atoms with van der Waals surface area (Å²) in [5.74, 6) is -0.0508. The fourth-order valence-electron chi connectivity index (χ4n) is 4.55. The van der Waals surface area contributed by atoms with Crippen LogP contribution in [0.25, 0.3) is 0 Å². The van der Waals surface area contributed by atoms with Crippen LogP contribution in [0.4, 0.5) is 0 Å². The fourth-order valence-corrected chi connectivity index (χ4v) is 6.27. The molecule has 0 bridgehead atoms. The summed E-state index contributed by atoms with van der Waals surface area (Å²) in [5.41, 5.74) is -0.805. The molecule has 2 atom stereocenters. The van der Waals surface area contributed by atoms with Crippen molar-refractivity contribution < 1.29 is 18.3 Å². The van der Waals surface area contributed by atoms with Crippen LogP contribution in [-0.4, -0.2) is 42.6 Å². The number of hydrogen-bond acceptors (Lipinski definition) is 3. The summed E-state index contributed by atoms with van der Waals surface area (Å²) >= 11 is 0. The van der Waals surface area contributed by atoms with Crippen LogP contribution in [0.5, 0.6) is 0 Å². The van der Waals surface area contributed by atoms with Gasteiger partial charge in [-0.15, -0.1) is 0 Å². The number of aliphatic carboxylic acids is 1. The SMILES string of the molecule is O=C(O)[C@@]12CCC[C@H]1CN(S(=O)(=O)CCC1CCCC1)C2. The minimum atomic E-state index is -3.29. The first-order chi connectivity index (χ1) is 9.94. The van der Waals surface area contributed by atoms with Crippen molar-refractivity contribution in [1.29, 1.82) is 0 Å². The zero-order valence-corrected chi connectivity index (χ0v) is 13.3.